The van der Waals surface area contributed by atoms with Gasteiger partial charge in [-0.05, 0) is 73.6 Å². The monoisotopic (exact) mass is 501 g/mol. The van der Waals surface area contributed by atoms with Gasteiger partial charge in [-0.25, -0.2) is 8.42 Å². The molecule has 1 saturated heterocycles. The highest BCUT2D eigenvalue weighted by atomic mass is 32.2. The second kappa shape index (κ2) is 8.78. The molecule has 2 N–H and O–H groups in total. The fourth-order valence-corrected chi connectivity index (χ4v) is 7.14. The third kappa shape index (κ3) is 5.14. The van der Waals surface area contributed by atoms with Gasteiger partial charge in [0.2, 0.25) is 15.9 Å². The molecule has 0 spiro atoms. The van der Waals surface area contributed by atoms with Gasteiger partial charge in [-0.2, -0.15) is 17.5 Å². The number of nitrogens with two attached hydrogens (primary N) is 1. The van der Waals surface area contributed by atoms with Crippen LogP contribution in [0.25, 0.3) is 0 Å². The van der Waals surface area contributed by atoms with E-state index in [9.17, 15) is 26.4 Å². The van der Waals surface area contributed by atoms with E-state index in [0.29, 0.717) is 13.0 Å². The maximum atomic E-state index is 13.4. The standard InChI is InChI=1S/C24H34F3N3O3S/c1-23(2,3)12-20(28)22(31)30(17-7-8-17)21-11-4-15-13-29(14-19(15)21)34(32,33)18-9-5-16(6-10-18)24(25,26)27/h5-6,9-10,15,17,19-21H,4,7-8,11-14,28H2,1-3H3/t15-,19+,20+,21+/m1/s1. The number of benzene rings is 1. The fourth-order valence-electron chi connectivity index (χ4n) is 5.61. The number of alkyl halides is 3. The zero-order valence-electron chi connectivity index (χ0n) is 19.9. The van der Waals surface area contributed by atoms with E-state index in [2.05, 4.69) is 0 Å². The highest BCUT2D eigenvalue weighted by Gasteiger charge is 2.52. The van der Waals surface area contributed by atoms with Gasteiger partial charge in [0.1, 0.15) is 0 Å². The number of nitrogens with zero attached hydrogens (tertiary/aromatic N) is 2. The van der Waals surface area contributed by atoms with Crippen molar-refractivity contribution in [2.45, 2.75) is 82.1 Å². The number of carbonyl (C=O) groups excluding carboxylic acids is 1. The Hall–Kier alpha value is -1.65. The molecule has 0 radical (unpaired) electrons. The second-order valence-electron chi connectivity index (χ2n) is 11.3. The molecular formula is C24H34F3N3O3S. The normalized spacial score (nSPS) is 27.0. The van der Waals surface area contributed by atoms with E-state index in [-0.39, 0.29) is 46.7 Å². The largest absolute Gasteiger partial charge is 0.416 e. The van der Waals surface area contributed by atoms with Gasteiger partial charge < -0.3 is 10.6 Å². The number of rotatable bonds is 6. The van der Waals surface area contributed by atoms with Crippen LogP contribution < -0.4 is 5.73 Å². The van der Waals surface area contributed by atoms with Gasteiger partial charge in [0.15, 0.2) is 0 Å². The van der Waals surface area contributed by atoms with Gasteiger partial charge >= 0.3 is 6.18 Å². The Balaban J connectivity index is 1.50. The highest BCUT2D eigenvalue weighted by molar-refractivity contribution is 7.89. The number of amides is 1. The van der Waals surface area contributed by atoms with Crippen LogP contribution in [0.1, 0.15) is 58.4 Å². The molecule has 0 unspecified atom stereocenters. The van der Waals surface area contributed by atoms with Crippen molar-refractivity contribution >= 4 is 15.9 Å². The molecule has 10 heteroatoms. The second-order valence-corrected chi connectivity index (χ2v) is 13.2. The minimum absolute atomic E-state index is 0.00982. The van der Waals surface area contributed by atoms with Gasteiger partial charge in [0.25, 0.3) is 0 Å². The first-order chi connectivity index (χ1) is 15.7. The third-order valence-electron chi connectivity index (χ3n) is 7.31. The topological polar surface area (TPSA) is 83.7 Å². The number of halogens is 3. The van der Waals surface area contributed by atoms with Crippen molar-refractivity contribution in [3.8, 4) is 0 Å². The summed E-state index contributed by atoms with van der Waals surface area (Å²) in [4.78, 5) is 15.2. The van der Waals surface area contributed by atoms with Crippen molar-refractivity contribution < 1.29 is 26.4 Å². The number of fused-ring (bicyclic) bond motifs is 1. The molecule has 1 aromatic rings. The minimum Gasteiger partial charge on any atom is -0.335 e. The van der Waals surface area contributed by atoms with Crippen molar-refractivity contribution in [2.75, 3.05) is 13.1 Å². The van der Waals surface area contributed by atoms with Crippen LogP contribution in [0.4, 0.5) is 13.2 Å². The first-order valence-electron chi connectivity index (χ1n) is 11.9. The van der Waals surface area contributed by atoms with Gasteiger partial charge in [0, 0.05) is 25.2 Å². The third-order valence-corrected chi connectivity index (χ3v) is 9.15. The van der Waals surface area contributed by atoms with E-state index in [4.69, 9.17) is 5.73 Å². The summed E-state index contributed by atoms with van der Waals surface area (Å²) in [7, 11) is -3.92. The summed E-state index contributed by atoms with van der Waals surface area (Å²) in [5.41, 5.74) is 5.35. The van der Waals surface area contributed by atoms with Crippen LogP contribution in [0.3, 0.4) is 0 Å². The van der Waals surface area contributed by atoms with E-state index in [0.717, 1.165) is 49.9 Å². The molecular weight excluding hydrogens is 467 g/mol. The predicted molar refractivity (Wildman–Crippen MR) is 122 cm³/mol. The smallest absolute Gasteiger partial charge is 0.335 e. The highest BCUT2D eigenvalue weighted by Crippen LogP contribution is 2.45. The number of sulfonamides is 1. The summed E-state index contributed by atoms with van der Waals surface area (Å²) in [5, 5.41) is 0. The molecule has 1 amide bonds. The van der Waals surface area contributed by atoms with Gasteiger partial charge in [0.05, 0.1) is 16.5 Å². The Morgan fingerprint density at radius 3 is 2.24 bits per heavy atom. The molecule has 4 atom stereocenters. The SMILES string of the molecule is CC(C)(C)C[C@H](N)C(=O)N(C1CC1)[C@H]1CC[C@@H]2CN(S(=O)(=O)c3ccc(C(F)(F)F)cc3)C[C@@H]21. The summed E-state index contributed by atoms with van der Waals surface area (Å²) in [6.07, 6.45) is -0.421. The molecule has 2 saturated carbocycles. The molecule has 3 aliphatic rings. The van der Waals surface area contributed by atoms with Crippen LogP contribution in [0.5, 0.6) is 0 Å². The van der Waals surface area contributed by atoms with Gasteiger partial charge in [-0.3, -0.25) is 4.79 Å². The van der Waals surface area contributed by atoms with Crippen molar-refractivity contribution in [3.63, 3.8) is 0 Å². The molecule has 1 aliphatic heterocycles. The zero-order chi connectivity index (χ0) is 25.1. The molecule has 0 aromatic heterocycles. The van der Waals surface area contributed by atoms with E-state index in [1.54, 1.807) is 0 Å². The van der Waals surface area contributed by atoms with Crippen LogP contribution >= 0.6 is 0 Å². The molecule has 0 bridgehead atoms. The summed E-state index contributed by atoms with van der Waals surface area (Å²) >= 11 is 0. The number of hydrogen-bond acceptors (Lipinski definition) is 4. The Labute approximate surface area is 199 Å². The zero-order valence-corrected chi connectivity index (χ0v) is 20.7. The lowest BCUT2D eigenvalue weighted by Gasteiger charge is -2.36. The molecule has 6 nitrogen and oxygen atoms in total. The lowest BCUT2D eigenvalue weighted by Crippen LogP contribution is -2.52. The maximum absolute atomic E-state index is 13.4. The average Bonchev–Trinajstić information content (AvgIpc) is 3.33. The molecule has 1 heterocycles. The lowest BCUT2D eigenvalue weighted by molar-refractivity contribution is -0.138. The van der Waals surface area contributed by atoms with Crippen molar-refractivity contribution in [1.29, 1.82) is 0 Å². The first kappa shape index (κ1) is 25.4. The average molecular weight is 502 g/mol. The first-order valence-corrected chi connectivity index (χ1v) is 13.4. The predicted octanol–water partition coefficient (Wildman–Crippen LogP) is 3.86. The van der Waals surface area contributed by atoms with Crippen molar-refractivity contribution in [2.24, 2.45) is 23.0 Å². The van der Waals surface area contributed by atoms with Crippen LogP contribution in [-0.2, 0) is 21.0 Å². The Kier molecular flexibility index (Phi) is 6.57. The molecule has 190 valence electrons. The van der Waals surface area contributed by atoms with Crippen LogP contribution in [-0.4, -0.2) is 54.7 Å². The van der Waals surface area contributed by atoms with E-state index in [1.165, 1.54) is 4.31 Å². The van der Waals surface area contributed by atoms with E-state index < -0.39 is 27.8 Å². The van der Waals surface area contributed by atoms with Gasteiger partial charge in [-0.1, -0.05) is 20.8 Å². The Morgan fingerprint density at radius 1 is 1.09 bits per heavy atom. The number of carbonyl (C=O) groups is 1. The summed E-state index contributed by atoms with van der Waals surface area (Å²) in [6, 6.07) is 3.18. The number of hydrogen-bond donors (Lipinski definition) is 1. The summed E-state index contributed by atoms with van der Waals surface area (Å²) in [6.45, 7) is 6.74. The van der Waals surface area contributed by atoms with Crippen molar-refractivity contribution in [1.82, 2.24) is 9.21 Å². The van der Waals surface area contributed by atoms with E-state index >= 15 is 0 Å². The molecule has 4 rings (SSSR count). The summed E-state index contributed by atoms with van der Waals surface area (Å²) < 4.78 is 66.4. The fraction of sp³-hybridized carbons (Fsp3) is 0.708. The Morgan fingerprint density at radius 2 is 1.71 bits per heavy atom. The van der Waals surface area contributed by atoms with Gasteiger partial charge in [-0.15, -0.1) is 0 Å². The molecule has 34 heavy (non-hydrogen) atoms. The molecule has 1 aromatic carbocycles. The molecule has 2 aliphatic carbocycles. The quantitative estimate of drug-likeness (QED) is 0.642. The maximum Gasteiger partial charge on any atom is 0.416 e. The van der Waals surface area contributed by atoms with Crippen LogP contribution in [0, 0.1) is 17.3 Å². The lowest BCUT2D eigenvalue weighted by atomic mass is 9.87. The minimum atomic E-state index is -4.52. The Bertz CT molecular complexity index is 1020. The van der Waals surface area contributed by atoms with Crippen molar-refractivity contribution in [3.05, 3.63) is 29.8 Å². The summed E-state index contributed by atoms with van der Waals surface area (Å²) in [5.74, 6) is 0.0878. The van der Waals surface area contributed by atoms with Crippen LogP contribution in [0.15, 0.2) is 29.2 Å². The molecule has 3 fully saturated rings. The van der Waals surface area contributed by atoms with E-state index in [1.807, 2.05) is 25.7 Å². The van der Waals surface area contributed by atoms with Crippen LogP contribution in [0.2, 0.25) is 0 Å².